The molecule has 150 valence electrons. The van der Waals surface area contributed by atoms with Gasteiger partial charge in [-0.15, -0.1) is 5.10 Å². The van der Waals surface area contributed by atoms with Gasteiger partial charge >= 0.3 is 0 Å². The maximum atomic E-state index is 9.32. The van der Waals surface area contributed by atoms with Crippen molar-refractivity contribution in [2.45, 2.75) is 6.92 Å². The van der Waals surface area contributed by atoms with Gasteiger partial charge in [-0.25, -0.2) is 10.1 Å². The molecule has 9 nitrogen and oxygen atoms in total. The first kappa shape index (κ1) is 18.4. The third-order valence-electron chi connectivity index (χ3n) is 5.14. The van der Waals surface area contributed by atoms with Crippen molar-refractivity contribution in [2.24, 2.45) is 0 Å². The van der Waals surface area contributed by atoms with Crippen LogP contribution in [-0.2, 0) is 0 Å². The Labute approximate surface area is 177 Å². The fourth-order valence-electron chi connectivity index (χ4n) is 3.59. The van der Waals surface area contributed by atoms with E-state index in [1.807, 2.05) is 61.3 Å². The molecule has 0 saturated carbocycles. The molecule has 2 aromatic carbocycles. The molecule has 5 rings (SSSR count). The molecule has 0 saturated heterocycles. The molecule has 0 spiro atoms. The minimum atomic E-state index is 0.451. The van der Waals surface area contributed by atoms with E-state index in [0.717, 1.165) is 33.9 Å². The molecule has 0 fully saturated rings. The lowest BCUT2D eigenvalue weighted by atomic mass is 9.99. The van der Waals surface area contributed by atoms with Crippen LogP contribution in [-0.4, -0.2) is 42.3 Å². The second kappa shape index (κ2) is 7.35. The number of nitriles is 1. The van der Waals surface area contributed by atoms with E-state index in [9.17, 15) is 5.26 Å². The number of hydrogen-bond acceptors (Lipinski definition) is 7. The van der Waals surface area contributed by atoms with Crippen LogP contribution in [0.3, 0.4) is 0 Å². The maximum Gasteiger partial charge on any atom is 0.180 e. The number of tetrazole rings is 1. The van der Waals surface area contributed by atoms with E-state index in [1.165, 1.54) is 6.20 Å². The summed E-state index contributed by atoms with van der Waals surface area (Å²) in [5.74, 6) is 1.45. The molecule has 0 unspecified atom stereocenters. The van der Waals surface area contributed by atoms with Crippen molar-refractivity contribution in [1.29, 1.82) is 5.26 Å². The van der Waals surface area contributed by atoms with Crippen LogP contribution in [0, 0.1) is 18.3 Å². The van der Waals surface area contributed by atoms with Crippen molar-refractivity contribution in [3.63, 3.8) is 0 Å². The van der Waals surface area contributed by atoms with Crippen LogP contribution in [0.5, 0.6) is 0 Å². The predicted molar refractivity (Wildman–Crippen MR) is 116 cm³/mol. The highest BCUT2D eigenvalue weighted by Crippen LogP contribution is 2.32. The zero-order valence-electron chi connectivity index (χ0n) is 16.9. The van der Waals surface area contributed by atoms with Crippen LogP contribution in [0.15, 0.2) is 60.8 Å². The Bertz CT molecular complexity index is 1410. The first-order chi connectivity index (χ1) is 15.2. The lowest BCUT2D eigenvalue weighted by Crippen LogP contribution is -2.15. The highest BCUT2D eigenvalue weighted by molar-refractivity contribution is 5.81. The Balaban J connectivity index is 1.53. The summed E-state index contributed by atoms with van der Waals surface area (Å²) in [6.07, 6.45) is 1.54. The standard InChI is InChI=1S/C22H17N9/c1-14-11-20(31-22(25-14)16(12-23)13-24-31)30(2)17-9-7-15(8-10-17)18-5-3-4-6-19(18)21-26-28-29-27-21/h3-11,13H,1-2H3,(H,26,27,28,29). The summed E-state index contributed by atoms with van der Waals surface area (Å²) >= 11 is 0. The SMILES string of the molecule is Cc1cc(N(C)c2ccc(-c3ccccc3-c3nnn[nH]3)cc2)n2ncc(C#N)c2n1. The van der Waals surface area contributed by atoms with Crippen molar-refractivity contribution in [3.8, 4) is 28.6 Å². The number of hydrogen-bond donors (Lipinski definition) is 1. The minimum absolute atomic E-state index is 0.451. The topological polar surface area (TPSA) is 112 Å². The number of nitrogens with zero attached hydrogens (tertiary/aromatic N) is 8. The van der Waals surface area contributed by atoms with Gasteiger partial charge in [0.2, 0.25) is 0 Å². The molecule has 0 amide bonds. The zero-order valence-corrected chi connectivity index (χ0v) is 16.9. The average Bonchev–Trinajstić information content (AvgIpc) is 3.48. The predicted octanol–water partition coefficient (Wildman–Crippen LogP) is 3.52. The second-order valence-electron chi connectivity index (χ2n) is 7.06. The third-order valence-corrected chi connectivity index (χ3v) is 5.14. The summed E-state index contributed by atoms with van der Waals surface area (Å²) in [5, 5.41) is 27.9. The normalized spacial score (nSPS) is 10.9. The van der Waals surface area contributed by atoms with Gasteiger partial charge in [0, 0.05) is 30.1 Å². The molecule has 0 aliphatic rings. The molecule has 3 aromatic heterocycles. The number of fused-ring (bicyclic) bond motifs is 1. The summed E-state index contributed by atoms with van der Waals surface area (Å²) in [4.78, 5) is 6.48. The number of nitrogens with one attached hydrogen (secondary N) is 1. The number of aromatic nitrogens is 7. The van der Waals surface area contributed by atoms with Gasteiger partial charge in [0.1, 0.15) is 17.5 Å². The zero-order chi connectivity index (χ0) is 21.4. The van der Waals surface area contributed by atoms with Crippen molar-refractivity contribution in [3.05, 3.63) is 72.1 Å². The van der Waals surface area contributed by atoms with Crippen LogP contribution in [0.25, 0.3) is 28.2 Å². The fraction of sp³-hybridized carbons (Fsp3) is 0.0909. The van der Waals surface area contributed by atoms with Gasteiger partial charge in [0.15, 0.2) is 11.5 Å². The lowest BCUT2D eigenvalue weighted by molar-refractivity contribution is 0.881. The van der Waals surface area contributed by atoms with Crippen molar-refractivity contribution in [2.75, 3.05) is 11.9 Å². The van der Waals surface area contributed by atoms with Crippen molar-refractivity contribution >= 4 is 17.2 Å². The summed E-state index contributed by atoms with van der Waals surface area (Å²) in [6, 6.07) is 20.3. The van der Waals surface area contributed by atoms with Gasteiger partial charge < -0.3 is 4.90 Å². The molecule has 0 radical (unpaired) electrons. The molecule has 0 atom stereocenters. The van der Waals surface area contributed by atoms with E-state index in [1.54, 1.807) is 4.52 Å². The van der Waals surface area contributed by atoms with E-state index in [0.29, 0.717) is 17.0 Å². The number of benzene rings is 2. The Morgan fingerprint density at radius 2 is 1.84 bits per heavy atom. The molecular formula is C22H17N9. The second-order valence-corrected chi connectivity index (χ2v) is 7.06. The van der Waals surface area contributed by atoms with Crippen LogP contribution in [0.2, 0.25) is 0 Å². The van der Waals surface area contributed by atoms with Crippen LogP contribution < -0.4 is 4.90 Å². The Morgan fingerprint density at radius 1 is 1.06 bits per heavy atom. The third kappa shape index (κ3) is 3.16. The Morgan fingerprint density at radius 3 is 2.55 bits per heavy atom. The Kier molecular flexibility index (Phi) is 4.37. The summed E-state index contributed by atoms with van der Waals surface area (Å²) in [6.45, 7) is 1.91. The number of aryl methyl sites for hydroxylation is 1. The molecule has 0 aliphatic heterocycles. The van der Waals surface area contributed by atoms with Crippen molar-refractivity contribution < 1.29 is 0 Å². The highest BCUT2D eigenvalue weighted by atomic mass is 15.5. The highest BCUT2D eigenvalue weighted by Gasteiger charge is 2.15. The molecule has 9 heteroatoms. The lowest BCUT2D eigenvalue weighted by Gasteiger charge is -2.21. The van der Waals surface area contributed by atoms with Gasteiger partial charge in [-0.2, -0.15) is 14.9 Å². The minimum Gasteiger partial charge on any atom is -0.329 e. The summed E-state index contributed by atoms with van der Waals surface area (Å²) in [5.41, 5.74) is 5.80. The smallest absolute Gasteiger partial charge is 0.180 e. The molecule has 0 bridgehead atoms. The van der Waals surface area contributed by atoms with E-state index in [2.05, 4.69) is 48.9 Å². The average molecular weight is 407 g/mol. The first-order valence-corrected chi connectivity index (χ1v) is 9.58. The van der Waals surface area contributed by atoms with Crippen LogP contribution in [0.4, 0.5) is 11.5 Å². The number of anilines is 2. The van der Waals surface area contributed by atoms with Crippen LogP contribution in [0.1, 0.15) is 11.3 Å². The molecule has 31 heavy (non-hydrogen) atoms. The molecule has 1 N–H and O–H groups in total. The first-order valence-electron chi connectivity index (χ1n) is 9.58. The molecule has 3 heterocycles. The number of aromatic amines is 1. The fourth-order valence-corrected chi connectivity index (χ4v) is 3.59. The summed E-state index contributed by atoms with van der Waals surface area (Å²) in [7, 11) is 1.96. The Hall–Kier alpha value is -4.58. The maximum absolute atomic E-state index is 9.32. The molecule has 5 aromatic rings. The van der Waals surface area contributed by atoms with Crippen molar-refractivity contribution in [1.82, 2.24) is 35.2 Å². The largest absolute Gasteiger partial charge is 0.329 e. The van der Waals surface area contributed by atoms with Crippen LogP contribution >= 0.6 is 0 Å². The van der Waals surface area contributed by atoms with E-state index in [4.69, 9.17) is 0 Å². The van der Waals surface area contributed by atoms with Gasteiger partial charge in [-0.3, -0.25) is 0 Å². The van der Waals surface area contributed by atoms with E-state index < -0.39 is 0 Å². The number of rotatable bonds is 4. The monoisotopic (exact) mass is 407 g/mol. The molecule has 0 aliphatic carbocycles. The van der Waals surface area contributed by atoms with Gasteiger partial charge in [0.05, 0.1) is 6.20 Å². The quantitative estimate of drug-likeness (QED) is 0.485. The van der Waals surface area contributed by atoms with Gasteiger partial charge in [-0.1, -0.05) is 36.4 Å². The summed E-state index contributed by atoms with van der Waals surface area (Å²) < 4.78 is 1.69. The van der Waals surface area contributed by atoms with Gasteiger partial charge in [-0.05, 0) is 40.6 Å². The molecular weight excluding hydrogens is 390 g/mol. The van der Waals surface area contributed by atoms with Gasteiger partial charge in [0.25, 0.3) is 0 Å². The number of H-pyrrole nitrogens is 1. The van der Waals surface area contributed by atoms with E-state index in [-0.39, 0.29) is 0 Å². The van der Waals surface area contributed by atoms with E-state index >= 15 is 0 Å².